The van der Waals surface area contributed by atoms with Gasteiger partial charge in [-0.05, 0) is 32.6 Å². The number of carboxylic acids is 1. The van der Waals surface area contributed by atoms with Gasteiger partial charge in [-0.3, -0.25) is 0 Å². The van der Waals surface area contributed by atoms with Crippen LogP contribution in [0.5, 0.6) is 0 Å². The SMILES string of the molecule is C#CCN(CC1CC1)S(=O)(=O)c1c(C)oc(C)c1C(=O)O. The van der Waals surface area contributed by atoms with E-state index < -0.39 is 16.0 Å². The average molecular weight is 311 g/mol. The molecule has 1 aliphatic carbocycles. The van der Waals surface area contributed by atoms with Crippen LogP contribution in [0.25, 0.3) is 0 Å². The lowest BCUT2D eigenvalue weighted by atomic mass is 10.2. The number of carboxylic acid groups (broad SMARTS) is 1. The van der Waals surface area contributed by atoms with Crippen molar-refractivity contribution < 1.29 is 22.7 Å². The third-order valence-electron chi connectivity index (χ3n) is 3.44. The van der Waals surface area contributed by atoms with Crippen molar-refractivity contribution in [2.45, 2.75) is 31.6 Å². The zero-order chi connectivity index (χ0) is 15.8. The lowest BCUT2D eigenvalue weighted by Gasteiger charge is -2.19. The summed E-state index contributed by atoms with van der Waals surface area (Å²) in [6.45, 7) is 3.11. The normalized spacial score (nSPS) is 15.1. The van der Waals surface area contributed by atoms with Crippen LogP contribution in [0.4, 0.5) is 0 Å². The molecule has 0 aromatic carbocycles. The maximum Gasteiger partial charge on any atom is 0.340 e. The highest BCUT2D eigenvalue weighted by Gasteiger charge is 2.37. The average Bonchev–Trinajstić information content (AvgIpc) is 3.12. The molecule has 0 amide bonds. The molecule has 1 aromatic heterocycles. The van der Waals surface area contributed by atoms with Crippen molar-refractivity contribution in [1.29, 1.82) is 0 Å². The largest absolute Gasteiger partial charge is 0.478 e. The number of aromatic carboxylic acids is 1. The Morgan fingerprint density at radius 1 is 1.43 bits per heavy atom. The number of aryl methyl sites for hydroxylation is 2. The van der Waals surface area contributed by atoms with Gasteiger partial charge < -0.3 is 9.52 Å². The molecule has 0 aliphatic heterocycles. The van der Waals surface area contributed by atoms with Gasteiger partial charge >= 0.3 is 5.97 Å². The Kier molecular flexibility index (Phi) is 4.12. The Balaban J connectivity index is 2.51. The lowest BCUT2D eigenvalue weighted by molar-refractivity contribution is 0.0691. The molecule has 7 heteroatoms. The van der Waals surface area contributed by atoms with Crippen LogP contribution in [-0.4, -0.2) is 36.9 Å². The highest BCUT2D eigenvalue weighted by molar-refractivity contribution is 7.89. The maximum atomic E-state index is 12.8. The number of nitrogens with zero attached hydrogens (tertiary/aromatic N) is 1. The molecule has 0 bridgehead atoms. The van der Waals surface area contributed by atoms with E-state index in [4.69, 9.17) is 10.8 Å². The van der Waals surface area contributed by atoms with E-state index in [-0.39, 0.29) is 28.5 Å². The van der Waals surface area contributed by atoms with Crippen LogP contribution >= 0.6 is 0 Å². The number of hydrogen-bond acceptors (Lipinski definition) is 4. The zero-order valence-electron chi connectivity index (χ0n) is 11.9. The van der Waals surface area contributed by atoms with Crippen molar-refractivity contribution in [3.05, 3.63) is 17.1 Å². The Bertz CT molecular complexity index is 706. The summed E-state index contributed by atoms with van der Waals surface area (Å²) >= 11 is 0. The molecule has 0 saturated heterocycles. The molecule has 1 aliphatic rings. The first kappa shape index (κ1) is 15.6. The molecule has 2 rings (SSSR count). The minimum atomic E-state index is -3.99. The van der Waals surface area contributed by atoms with Gasteiger partial charge in [0, 0.05) is 6.54 Å². The molecule has 0 unspecified atom stereocenters. The summed E-state index contributed by atoms with van der Waals surface area (Å²) in [5.74, 6) is 1.44. The monoisotopic (exact) mass is 311 g/mol. The topological polar surface area (TPSA) is 87.8 Å². The summed E-state index contributed by atoms with van der Waals surface area (Å²) < 4.78 is 31.9. The molecule has 1 saturated carbocycles. The van der Waals surface area contributed by atoms with Crippen LogP contribution in [0.15, 0.2) is 9.31 Å². The van der Waals surface area contributed by atoms with Crippen molar-refractivity contribution >= 4 is 16.0 Å². The van der Waals surface area contributed by atoms with Gasteiger partial charge in [0.15, 0.2) is 0 Å². The van der Waals surface area contributed by atoms with Gasteiger partial charge in [-0.15, -0.1) is 6.42 Å². The first-order valence-corrected chi connectivity index (χ1v) is 8.00. The predicted molar refractivity (Wildman–Crippen MR) is 75.5 cm³/mol. The zero-order valence-corrected chi connectivity index (χ0v) is 12.7. The highest BCUT2D eigenvalue weighted by Crippen LogP contribution is 2.34. The van der Waals surface area contributed by atoms with Crippen molar-refractivity contribution in [3.8, 4) is 12.3 Å². The van der Waals surface area contributed by atoms with Crippen molar-refractivity contribution in [2.24, 2.45) is 5.92 Å². The standard InChI is InChI=1S/C14H17NO5S/c1-4-7-15(8-11-5-6-11)21(18,19)13-10(3)20-9(2)12(13)14(16)17/h1,11H,5-8H2,2-3H3,(H,16,17). The summed E-state index contributed by atoms with van der Waals surface area (Å²) in [5.41, 5.74) is -0.315. The second-order valence-electron chi connectivity index (χ2n) is 5.17. The smallest absolute Gasteiger partial charge is 0.340 e. The number of rotatable bonds is 6. The molecule has 1 N–H and O–H groups in total. The van der Waals surface area contributed by atoms with E-state index in [1.807, 2.05) is 0 Å². The summed E-state index contributed by atoms with van der Waals surface area (Å²) in [7, 11) is -3.99. The first-order valence-electron chi connectivity index (χ1n) is 6.56. The van der Waals surface area contributed by atoms with Gasteiger partial charge in [0.2, 0.25) is 10.0 Å². The molecular weight excluding hydrogens is 294 g/mol. The van der Waals surface area contributed by atoms with E-state index in [0.29, 0.717) is 12.5 Å². The Morgan fingerprint density at radius 3 is 2.52 bits per heavy atom. The molecule has 0 spiro atoms. The maximum absolute atomic E-state index is 12.8. The van der Waals surface area contributed by atoms with Crippen LogP contribution in [0.1, 0.15) is 34.7 Å². The second kappa shape index (κ2) is 5.54. The molecule has 0 radical (unpaired) electrons. The fourth-order valence-electron chi connectivity index (χ4n) is 2.29. The van der Waals surface area contributed by atoms with Crippen molar-refractivity contribution in [1.82, 2.24) is 4.31 Å². The molecular formula is C14H17NO5S. The molecule has 21 heavy (non-hydrogen) atoms. The van der Waals surface area contributed by atoms with Gasteiger partial charge in [-0.2, -0.15) is 4.31 Å². The van der Waals surface area contributed by atoms with E-state index in [9.17, 15) is 18.3 Å². The molecule has 1 aromatic rings. The number of carbonyl (C=O) groups is 1. The van der Waals surface area contributed by atoms with Gasteiger partial charge in [-0.25, -0.2) is 13.2 Å². The third-order valence-corrected chi connectivity index (χ3v) is 5.41. The van der Waals surface area contributed by atoms with E-state index in [1.54, 1.807) is 0 Å². The van der Waals surface area contributed by atoms with E-state index in [2.05, 4.69) is 5.92 Å². The van der Waals surface area contributed by atoms with Gasteiger partial charge in [0.05, 0.1) is 6.54 Å². The molecule has 1 heterocycles. The van der Waals surface area contributed by atoms with E-state index in [0.717, 1.165) is 17.1 Å². The minimum Gasteiger partial charge on any atom is -0.478 e. The Morgan fingerprint density at radius 2 is 2.05 bits per heavy atom. The fourth-order valence-corrected chi connectivity index (χ4v) is 4.09. The predicted octanol–water partition coefficient (Wildman–Crippen LogP) is 1.63. The lowest BCUT2D eigenvalue weighted by Crippen LogP contribution is -2.34. The van der Waals surface area contributed by atoms with E-state index in [1.165, 1.54) is 13.8 Å². The molecule has 114 valence electrons. The van der Waals surface area contributed by atoms with Crippen molar-refractivity contribution in [3.63, 3.8) is 0 Å². The van der Waals surface area contributed by atoms with Crippen molar-refractivity contribution in [2.75, 3.05) is 13.1 Å². The van der Waals surface area contributed by atoms with Gasteiger partial charge in [0.25, 0.3) is 0 Å². The molecule has 1 fully saturated rings. The van der Waals surface area contributed by atoms with E-state index >= 15 is 0 Å². The quantitative estimate of drug-likeness (QED) is 0.807. The van der Waals surface area contributed by atoms with Crippen LogP contribution in [-0.2, 0) is 10.0 Å². The summed E-state index contributed by atoms with van der Waals surface area (Å²) in [6, 6.07) is 0. The highest BCUT2D eigenvalue weighted by atomic mass is 32.2. The summed E-state index contributed by atoms with van der Waals surface area (Å²) in [5, 5.41) is 9.25. The Hall–Kier alpha value is -1.78. The molecule has 0 atom stereocenters. The number of sulfonamides is 1. The minimum absolute atomic E-state index is 0.0720. The van der Waals surface area contributed by atoms with Gasteiger partial charge in [0.1, 0.15) is 22.0 Å². The summed E-state index contributed by atoms with van der Waals surface area (Å²) in [6.07, 6.45) is 7.17. The van der Waals surface area contributed by atoms with Crippen LogP contribution in [0.2, 0.25) is 0 Å². The number of hydrogen-bond donors (Lipinski definition) is 1. The van der Waals surface area contributed by atoms with Crippen LogP contribution < -0.4 is 0 Å². The van der Waals surface area contributed by atoms with Crippen LogP contribution in [0.3, 0.4) is 0 Å². The van der Waals surface area contributed by atoms with Gasteiger partial charge in [-0.1, -0.05) is 5.92 Å². The molecule has 6 nitrogen and oxygen atoms in total. The van der Waals surface area contributed by atoms with Crippen LogP contribution in [0, 0.1) is 32.1 Å². The first-order chi connectivity index (χ1) is 9.78. The Labute approximate surface area is 123 Å². The second-order valence-corrected chi connectivity index (χ2v) is 7.04. The summed E-state index contributed by atoms with van der Waals surface area (Å²) in [4.78, 5) is 11.0. The number of furan rings is 1. The third kappa shape index (κ3) is 2.96. The number of terminal acetylenes is 1. The fraction of sp³-hybridized carbons (Fsp3) is 0.500.